The van der Waals surface area contributed by atoms with E-state index in [-0.39, 0.29) is 11.7 Å². The summed E-state index contributed by atoms with van der Waals surface area (Å²) in [6.07, 6.45) is 0. The van der Waals surface area contributed by atoms with Gasteiger partial charge in [0.05, 0.1) is 11.1 Å². The van der Waals surface area contributed by atoms with Crippen LogP contribution in [0.25, 0.3) is 10.8 Å². The number of thiocarbonyl (C=S) groups is 1. The number of carbonyl (C=O) groups is 2. The molecule has 0 aliphatic heterocycles. The third-order valence-electron chi connectivity index (χ3n) is 4.16. The number of hydrogen-bond acceptors (Lipinski definition) is 5. The van der Waals surface area contributed by atoms with Gasteiger partial charge in [-0.2, -0.15) is 0 Å². The maximum Gasteiger partial charge on any atom is 0.276 e. The quantitative estimate of drug-likeness (QED) is 0.352. The van der Waals surface area contributed by atoms with Crippen LogP contribution in [0.15, 0.2) is 65.1 Å². The minimum atomic E-state index is -0.460. The molecule has 0 aromatic heterocycles. The number of hydrazine groups is 1. The molecule has 0 saturated heterocycles. The first-order valence-electron chi connectivity index (χ1n) is 9.41. The van der Waals surface area contributed by atoms with E-state index in [9.17, 15) is 9.59 Å². The molecule has 3 rings (SSSR count). The lowest BCUT2D eigenvalue weighted by Gasteiger charge is -2.13. The van der Waals surface area contributed by atoms with Crippen LogP contribution in [0.2, 0.25) is 0 Å². The van der Waals surface area contributed by atoms with Crippen molar-refractivity contribution in [2.75, 3.05) is 13.2 Å². The summed E-state index contributed by atoms with van der Waals surface area (Å²) in [4.78, 5) is 24.3. The Morgan fingerprint density at radius 2 is 1.71 bits per heavy atom. The van der Waals surface area contributed by atoms with Crippen LogP contribution in [0.4, 0.5) is 0 Å². The Labute approximate surface area is 193 Å². The third-order valence-corrected chi connectivity index (χ3v) is 5.18. The number of rotatable bonds is 6. The molecule has 0 spiro atoms. The van der Waals surface area contributed by atoms with Crippen LogP contribution < -0.4 is 25.6 Å². The van der Waals surface area contributed by atoms with Crippen molar-refractivity contribution in [1.29, 1.82) is 0 Å². The Morgan fingerprint density at radius 1 is 0.968 bits per heavy atom. The van der Waals surface area contributed by atoms with E-state index in [1.54, 1.807) is 30.3 Å². The third kappa shape index (κ3) is 6.16. The van der Waals surface area contributed by atoms with Crippen molar-refractivity contribution in [2.24, 2.45) is 0 Å². The number of nitrogens with one attached hydrogen (secondary N) is 3. The standard InChI is InChI=1S/C22H20BrN3O4S/c1-2-29-16-10-7-15(8-11-16)21(28)24-22(31)26-25-19(27)13-30-18-12-9-14-5-3-4-6-17(14)20(18)23/h3-12H,2,13H2,1H3,(H,25,27)(H2,24,26,28,31). The van der Waals surface area contributed by atoms with Crippen LogP contribution in [0.5, 0.6) is 11.5 Å². The van der Waals surface area contributed by atoms with E-state index in [0.717, 1.165) is 15.2 Å². The predicted molar refractivity (Wildman–Crippen MR) is 126 cm³/mol. The minimum Gasteiger partial charge on any atom is -0.494 e. The lowest BCUT2D eigenvalue weighted by atomic mass is 10.1. The molecule has 0 atom stereocenters. The topological polar surface area (TPSA) is 88.7 Å². The van der Waals surface area contributed by atoms with E-state index in [1.807, 2.05) is 37.3 Å². The van der Waals surface area contributed by atoms with Gasteiger partial charge < -0.3 is 9.47 Å². The zero-order valence-electron chi connectivity index (χ0n) is 16.6. The normalized spacial score (nSPS) is 10.3. The lowest BCUT2D eigenvalue weighted by molar-refractivity contribution is -0.123. The summed E-state index contributed by atoms with van der Waals surface area (Å²) >= 11 is 8.54. The molecule has 0 radical (unpaired) electrons. The van der Waals surface area contributed by atoms with E-state index in [1.165, 1.54) is 0 Å². The molecule has 3 N–H and O–H groups in total. The van der Waals surface area contributed by atoms with Gasteiger partial charge in [0.15, 0.2) is 11.7 Å². The van der Waals surface area contributed by atoms with Gasteiger partial charge in [-0.1, -0.05) is 30.3 Å². The van der Waals surface area contributed by atoms with Gasteiger partial charge in [-0.15, -0.1) is 0 Å². The Hall–Kier alpha value is -3.17. The number of benzene rings is 3. The fourth-order valence-electron chi connectivity index (χ4n) is 2.71. The highest BCUT2D eigenvalue weighted by Crippen LogP contribution is 2.32. The predicted octanol–water partition coefficient (Wildman–Crippen LogP) is 3.72. The van der Waals surface area contributed by atoms with Gasteiger partial charge >= 0.3 is 0 Å². The van der Waals surface area contributed by atoms with Gasteiger partial charge in [-0.05, 0) is 76.2 Å². The Bertz CT molecular complexity index is 1110. The fourth-order valence-corrected chi connectivity index (χ4v) is 3.46. The summed E-state index contributed by atoms with van der Waals surface area (Å²) in [5.41, 5.74) is 5.27. The van der Waals surface area contributed by atoms with Crippen LogP contribution in [0.3, 0.4) is 0 Å². The molecular formula is C22H20BrN3O4S. The van der Waals surface area contributed by atoms with Crippen LogP contribution in [0, 0.1) is 0 Å². The van der Waals surface area contributed by atoms with Gasteiger partial charge in [-0.25, -0.2) is 0 Å². The number of halogens is 1. The van der Waals surface area contributed by atoms with Gasteiger partial charge in [0.1, 0.15) is 11.5 Å². The number of amides is 2. The largest absolute Gasteiger partial charge is 0.494 e. The van der Waals surface area contributed by atoms with Gasteiger partial charge in [-0.3, -0.25) is 25.8 Å². The molecular weight excluding hydrogens is 482 g/mol. The van der Waals surface area contributed by atoms with E-state index in [0.29, 0.717) is 23.7 Å². The number of hydrogen-bond donors (Lipinski definition) is 3. The second-order valence-corrected chi connectivity index (χ2v) is 7.50. The van der Waals surface area contributed by atoms with Crippen molar-refractivity contribution in [1.82, 2.24) is 16.2 Å². The highest BCUT2D eigenvalue weighted by atomic mass is 79.9. The molecule has 9 heteroatoms. The molecule has 0 saturated carbocycles. The summed E-state index contributed by atoms with van der Waals surface area (Å²) < 4.78 is 11.7. The highest BCUT2D eigenvalue weighted by molar-refractivity contribution is 9.10. The van der Waals surface area contributed by atoms with Crippen molar-refractivity contribution < 1.29 is 19.1 Å². The molecule has 0 fully saturated rings. The highest BCUT2D eigenvalue weighted by Gasteiger charge is 2.11. The van der Waals surface area contributed by atoms with Gasteiger partial charge in [0.2, 0.25) is 0 Å². The van der Waals surface area contributed by atoms with E-state index >= 15 is 0 Å². The van der Waals surface area contributed by atoms with Crippen molar-refractivity contribution in [2.45, 2.75) is 6.92 Å². The maximum absolute atomic E-state index is 12.2. The van der Waals surface area contributed by atoms with Gasteiger partial charge in [0.25, 0.3) is 11.8 Å². The first-order valence-corrected chi connectivity index (χ1v) is 10.6. The van der Waals surface area contributed by atoms with E-state index < -0.39 is 11.8 Å². The lowest BCUT2D eigenvalue weighted by Crippen LogP contribution is -2.49. The molecule has 0 aliphatic carbocycles. The summed E-state index contributed by atoms with van der Waals surface area (Å²) in [5, 5.41) is 4.48. The molecule has 0 unspecified atom stereocenters. The van der Waals surface area contributed by atoms with Crippen LogP contribution >= 0.6 is 28.1 Å². The molecule has 7 nitrogen and oxygen atoms in total. The molecule has 0 bridgehead atoms. The van der Waals surface area contributed by atoms with Gasteiger partial charge in [0, 0.05) is 5.56 Å². The molecule has 0 heterocycles. The van der Waals surface area contributed by atoms with E-state index in [2.05, 4.69) is 32.1 Å². The average Bonchev–Trinajstić information content (AvgIpc) is 2.78. The zero-order chi connectivity index (χ0) is 22.2. The smallest absolute Gasteiger partial charge is 0.276 e. The monoisotopic (exact) mass is 501 g/mol. The van der Waals surface area contributed by atoms with E-state index in [4.69, 9.17) is 21.7 Å². The Morgan fingerprint density at radius 3 is 2.45 bits per heavy atom. The van der Waals surface area contributed by atoms with Crippen LogP contribution in [-0.4, -0.2) is 30.1 Å². The SMILES string of the molecule is CCOc1ccc(C(=O)NC(=S)NNC(=O)COc2ccc3ccccc3c2Br)cc1. The summed E-state index contributed by atoms with van der Waals surface area (Å²) in [7, 11) is 0. The molecule has 31 heavy (non-hydrogen) atoms. The second kappa shape index (κ2) is 10.7. The molecule has 2 amide bonds. The maximum atomic E-state index is 12.2. The molecule has 3 aromatic rings. The molecule has 3 aromatic carbocycles. The van der Waals surface area contributed by atoms with Crippen molar-refractivity contribution in [3.8, 4) is 11.5 Å². The Balaban J connectivity index is 1.45. The first kappa shape index (κ1) is 22.5. The van der Waals surface area contributed by atoms with Crippen molar-refractivity contribution in [3.63, 3.8) is 0 Å². The van der Waals surface area contributed by atoms with Crippen LogP contribution in [-0.2, 0) is 4.79 Å². The second-order valence-electron chi connectivity index (χ2n) is 6.30. The zero-order valence-corrected chi connectivity index (χ0v) is 19.0. The average molecular weight is 502 g/mol. The minimum absolute atomic E-state index is 0.0425. The number of fused-ring (bicyclic) bond motifs is 1. The van der Waals surface area contributed by atoms with Crippen molar-refractivity contribution in [3.05, 3.63) is 70.7 Å². The Kier molecular flexibility index (Phi) is 7.80. The number of carbonyl (C=O) groups excluding carboxylic acids is 2. The summed E-state index contributed by atoms with van der Waals surface area (Å²) in [6.45, 7) is 2.19. The molecule has 160 valence electrons. The first-order chi connectivity index (χ1) is 15.0. The summed E-state index contributed by atoms with van der Waals surface area (Å²) in [5.74, 6) is 0.342. The molecule has 0 aliphatic rings. The summed E-state index contributed by atoms with van der Waals surface area (Å²) in [6, 6.07) is 18.2. The fraction of sp³-hybridized carbons (Fsp3) is 0.136. The van der Waals surface area contributed by atoms with Crippen LogP contribution in [0.1, 0.15) is 17.3 Å². The van der Waals surface area contributed by atoms with Crippen molar-refractivity contribution >= 4 is 55.8 Å². The number of ether oxygens (including phenoxy) is 2.